The summed E-state index contributed by atoms with van der Waals surface area (Å²) in [6.45, 7) is 4.10. The molecule has 5 heteroatoms. The first-order valence-corrected chi connectivity index (χ1v) is 7.51. The zero-order chi connectivity index (χ0) is 14.4. The fourth-order valence-corrected chi connectivity index (χ4v) is 3.27. The van der Waals surface area contributed by atoms with E-state index in [1.165, 1.54) is 4.88 Å². The summed E-state index contributed by atoms with van der Waals surface area (Å²) in [7, 11) is 0. The Morgan fingerprint density at radius 3 is 2.86 bits per heavy atom. The van der Waals surface area contributed by atoms with E-state index in [0.29, 0.717) is 5.89 Å². The van der Waals surface area contributed by atoms with E-state index in [-0.39, 0.29) is 0 Å². The Bertz CT molecular complexity index is 941. The van der Waals surface area contributed by atoms with Gasteiger partial charge in [0.1, 0.15) is 5.52 Å². The van der Waals surface area contributed by atoms with Crippen LogP contribution in [0.15, 0.2) is 34.9 Å². The van der Waals surface area contributed by atoms with Crippen molar-refractivity contribution in [3.05, 3.63) is 52.6 Å². The van der Waals surface area contributed by atoms with Gasteiger partial charge in [0.05, 0.1) is 11.4 Å². The normalized spacial score (nSPS) is 12.1. The van der Waals surface area contributed by atoms with Crippen LogP contribution in [0, 0.1) is 13.8 Å². The summed E-state index contributed by atoms with van der Waals surface area (Å²) in [5.74, 6) is 0.609. The second-order valence-corrected chi connectivity index (χ2v) is 6.14. The molecule has 4 aromatic rings. The van der Waals surface area contributed by atoms with Crippen LogP contribution in [0.2, 0.25) is 0 Å². The number of aryl methyl sites for hydroxylation is 2. The molecule has 0 N–H and O–H groups in total. The Morgan fingerprint density at radius 1 is 1.14 bits per heavy atom. The molecule has 0 spiro atoms. The third kappa shape index (κ3) is 2.06. The van der Waals surface area contributed by atoms with Gasteiger partial charge in [0.15, 0.2) is 10.5 Å². The van der Waals surface area contributed by atoms with Crippen LogP contribution in [0.25, 0.3) is 28.2 Å². The fourth-order valence-electron chi connectivity index (χ4n) is 2.39. The summed E-state index contributed by atoms with van der Waals surface area (Å²) in [6.07, 6.45) is 6.00. The van der Waals surface area contributed by atoms with Gasteiger partial charge < -0.3 is 4.42 Å². The summed E-state index contributed by atoms with van der Waals surface area (Å²) in [5, 5.41) is 0. The first-order valence-electron chi connectivity index (χ1n) is 6.69. The van der Waals surface area contributed by atoms with Crippen molar-refractivity contribution in [3.63, 3.8) is 0 Å². The molecule has 0 aliphatic rings. The van der Waals surface area contributed by atoms with E-state index in [2.05, 4.69) is 27.5 Å². The number of imidazole rings is 1. The molecule has 0 fully saturated rings. The molecule has 4 rings (SSSR count). The van der Waals surface area contributed by atoms with Crippen molar-refractivity contribution in [1.29, 1.82) is 0 Å². The highest BCUT2D eigenvalue weighted by Gasteiger charge is 2.09. The molecule has 0 unspecified atom stereocenters. The van der Waals surface area contributed by atoms with E-state index in [1.807, 2.05) is 43.3 Å². The lowest BCUT2D eigenvalue weighted by Gasteiger charge is -1.91. The molecule has 0 saturated carbocycles. The smallest absolute Gasteiger partial charge is 0.220 e. The highest BCUT2D eigenvalue weighted by Crippen LogP contribution is 2.23. The van der Waals surface area contributed by atoms with Crippen molar-refractivity contribution in [2.45, 2.75) is 13.8 Å². The number of para-hydroxylation sites is 2. The number of aromatic nitrogens is 3. The average Bonchev–Trinajstić information content (AvgIpc) is 3.09. The number of fused-ring (bicyclic) bond motifs is 2. The van der Waals surface area contributed by atoms with E-state index < -0.39 is 0 Å². The van der Waals surface area contributed by atoms with Crippen LogP contribution < -0.4 is 0 Å². The van der Waals surface area contributed by atoms with Gasteiger partial charge in [-0.2, -0.15) is 0 Å². The number of hydrogen-bond donors (Lipinski definition) is 0. The number of rotatable bonds is 2. The lowest BCUT2D eigenvalue weighted by molar-refractivity contribution is 0.589. The number of nitrogens with zero attached hydrogens (tertiary/aromatic N) is 3. The maximum absolute atomic E-state index is 5.70. The van der Waals surface area contributed by atoms with Gasteiger partial charge in [0, 0.05) is 17.2 Å². The number of thiazole rings is 1. The maximum atomic E-state index is 5.70. The second-order valence-electron chi connectivity index (χ2n) is 4.93. The van der Waals surface area contributed by atoms with E-state index in [0.717, 1.165) is 27.4 Å². The molecule has 0 radical (unpaired) electrons. The van der Waals surface area contributed by atoms with Crippen LogP contribution in [0.3, 0.4) is 0 Å². The van der Waals surface area contributed by atoms with Crippen molar-refractivity contribution in [2.24, 2.45) is 0 Å². The molecule has 0 aliphatic carbocycles. The lowest BCUT2D eigenvalue weighted by atomic mass is 10.3. The molecule has 4 nitrogen and oxygen atoms in total. The van der Waals surface area contributed by atoms with E-state index in [1.54, 1.807) is 11.3 Å². The molecule has 3 heterocycles. The summed E-state index contributed by atoms with van der Waals surface area (Å²) in [6, 6.07) is 7.77. The standard InChI is InChI=1S/C16H13N3OS/c1-10-9-19-13(11(2)17-16(19)21-10)7-8-15-18-12-5-3-4-6-14(12)20-15/h3-9H,1-2H3. The monoisotopic (exact) mass is 295 g/mol. The molecule has 1 aromatic carbocycles. The minimum absolute atomic E-state index is 0.609. The van der Waals surface area contributed by atoms with Crippen molar-refractivity contribution in [1.82, 2.24) is 14.4 Å². The Morgan fingerprint density at radius 2 is 2.00 bits per heavy atom. The van der Waals surface area contributed by atoms with Crippen molar-refractivity contribution >= 4 is 39.5 Å². The van der Waals surface area contributed by atoms with E-state index >= 15 is 0 Å². The van der Waals surface area contributed by atoms with Crippen LogP contribution in [0.1, 0.15) is 22.2 Å². The molecule has 0 saturated heterocycles. The quantitative estimate of drug-likeness (QED) is 0.553. The topological polar surface area (TPSA) is 43.3 Å². The largest absolute Gasteiger partial charge is 0.437 e. The van der Waals surface area contributed by atoms with Gasteiger partial charge in [-0.25, -0.2) is 9.97 Å². The van der Waals surface area contributed by atoms with E-state index in [4.69, 9.17) is 4.42 Å². The van der Waals surface area contributed by atoms with Crippen LogP contribution in [0.4, 0.5) is 0 Å². The first-order chi connectivity index (χ1) is 10.2. The molecule has 0 aliphatic heterocycles. The van der Waals surface area contributed by atoms with Crippen LogP contribution in [-0.4, -0.2) is 14.4 Å². The van der Waals surface area contributed by atoms with Gasteiger partial charge in [0.2, 0.25) is 5.89 Å². The summed E-state index contributed by atoms with van der Waals surface area (Å²) < 4.78 is 7.80. The Hall–Kier alpha value is -2.40. The van der Waals surface area contributed by atoms with Crippen molar-refractivity contribution in [2.75, 3.05) is 0 Å². The second kappa shape index (κ2) is 4.56. The SMILES string of the molecule is Cc1cn2c(C=Cc3nc4ccccc4o3)c(C)nc2s1. The third-order valence-electron chi connectivity index (χ3n) is 3.36. The summed E-state index contributed by atoms with van der Waals surface area (Å²) in [4.78, 5) is 11.3. The molecule has 3 aromatic heterocycles. The molecule has 0 amide bonds. The van der Waals surface area contributed by atoms with Gasteiger partial charge >= 0.3 is 0 Å². The molecule has 0 atom stereocenters. The molecule has 21 heavy (non-hydrogen) atoms. The van der Waals surface area contributed by atoms with Gasteiger partial charge in [-0.1, -0.05) is 12.1 Å². The van der Waals surface area contributed by atoms with Gasteiger partial charge in [-0.15, -0.1) is 11.3 Å². The molecule has 104 valence electrons. The first kappa shape index (κ1) is 12.3. The minimum atomic E-state index is 0.609. The maximum Gasteiger partial charge on any atom is 0.220 e. The molecule has 0 bridgehead atoms. The number of benzene rings is 1. The predicted molar refractivity (Wildman–Crippen MR) is 85.5 cm³/mol. The van der Waals surface area contributed by atoms with Crippen molar-refractivity contribution in [3.8, 4) is 0 Å². The zero-order valence-corrected chi connectivity index (χ0v) is 12.5. The number of oxazole rings is 1. The van der Waals surface area contributed by atoms with Crippen LogP contribution >= 0.6 is 11.3 Å². The van der Waals surface area contributed by atoms with Gasteiger partial charge in [0.25, 0.3) is 0 Å². The van der Waals surface area contributed by atoms with E-state index in [9.17, 15) is 0 Å². The molecular weight excluding hydrogens is 282 g/mol. The highest BCUT2D eigenvalue weighted by atomic mass is 32.1. The Balaban J connectivity index is 1.77. The van der Waals surface area contributed by atoms with Gasteiger partial charge in [-0.3, -0.25) is 4.40 Å². The van der Waals surface area contributed by atoms with Crippen LogP contribution in [-0.2, 0) is 0 Å². The van der Waals surface area contributed by atoms with Gasteiger partial charge in [-0.05, 0) is 32.1 Å². The predicted octanol–water partition coefficient (Wildman–Crippen LogP) is 4.32. The highest BCUT2D eigenvalue weighted by molar-refractivity contribution is 7.17. The summed E-state index contributed by atoms with van der Waals surface area (Å²) >= 11 is 1.69. The molecular formula is C16H13N3OS. The number of hydrogen-bond acceptors (Lipinski definition) is 4. The fraction of sp³-hybridized carbons (Fsp3) is 0.125. The van der Waals surface area contributed by atoms with Crippen LogP contribution in [0.5, 0.6) is 0 Å². The Kier molecular flexibility index (Phi) is 2.68. The Labute approximate surface area is 125 Å². The lowest BCUT2D eigenvalue weighted by Crippen LogP contribution is -1.83. The van der Waals surface area contributed by atoms with Crippen molar-refractivity contribution < 1.29 is 4.42 Å². The third-order valence-corrected chi connectivity index (χ3v) is 4.25. The average molecular weight is 295 g/mol. The zero-order valence-electron chi connectivity index (χ0n) is 11.7. The minimum Gasteiger partial charge on any atom is -0.437 e. The summed E-state index contributed by atoms with van der Waals surface area (Å²) in [5.41, 5.74) is 3.75.